The Labute approximate surface area is 88.3 Å². The van der Waals surface area contributed by atoms with Gasteiger partial charge >= 0.3 is 0 Å². The van der Waals surface area contributed by atoms with E-state index in [1.54, 1.807) is 6.07 Å². The van der Waals surface area contributed by atoms with E-state index in [9.17, 15) is 0 Å². The molecule has 0 bridgehead atoms. The second-order valence-electron chi connectivity index (χ2n) is 3.60. The van der Waals surface area contributed by atoms with Crippen LogP contribution in [0.3, 0.4) is 0 Å². The molecular formula is C10H13ClN2O. The number of pyridine rings is 1. The normalized spacial score (nSPS) is 21.6. The molecule has 1 aliphatic rings. The first kappa shape index (κ1) is 9.74. The molecule has 2 rings (SSSR count). The van der Waals surface area contributed by atoms with Gasteiger partial charge in [0.05, 0.1) is 0 Å². The van der Waals surface area contributed by atoms with Crippen molar-refractivity contribution in [2.75, 3.05) is 24.6 Å². The highest BCUT2D eigenvalue weighted by molar-refractivity contribution is 6.29. The van der Waals surface area contributed by atoms with Crippen molar-refractivity contribution in [3.05, 3.63) is 23.4 Å². The average molecular weight is 213 g/mol. The number of hydrogen-bond acceptors (Lipinski definition) is 3. The molecule has 14 heavy (non-hydrogen) atoms. The molecular weight excluding hydrogens is 200 g/mol. The Kier molecular flexibility index (Phi) is 2.89. The van der Waals surface area contributed by atoms with E-state index in [0.717, 1.165) is 25.3 Å². The minimum absolute atomic E-state index is 0.261. The summed E-state index contributed by atoms with van der Waals surface area (Å²) in [6, 6.07) is 5.62. The van der Waals surface area contributed by atoms with Gasteiger partial charge in [0.1, 0.15) is 11.0 Å². The molecule has 1 N–H and O–H groups in total. The van der Waals surface area contributed by atoms with E-state index in [2.05, 4.69) is 9.88 Å². The topological polar surface area (TPSA) is 36.4 Å². The van der Waals surface area contributed by atoms with E-state index >= 15 is 0 Å². The van der Waals surface area contributed by atoms with Crippen molar-refractivity contribution in [3.63, 3.8) is 0 Å². The van der Waals surface area contributed by atoms with Gasteiger partial charge in [-0.15, -0.1) is 0 Å². The van der Waals surface area contributed by atoms with Crippen LogP contribution in [-0.2, 0) is 0 Å². The second-order valence-corrected chi connectivity index (χ2v) is 3.99. The van der Waals surface area contributed by atoms with Gasteiger partial charge in [0.2, 0.25) is 0 Å². The lowest BCUT2D eigenvalue weighted by Gasteiger charge is -2.16. The van der Waals surface area contributed by atoms with E-state index < -0.39 is 0 Å². The molecule has 0 aliphatic carbocycles. The second kappa shape index (κ2) is 4.15. The smallest absolute Gasteiger partial charge is 0.131 e. The fourth-order valence-corrected chi connectivity index (χ4v) is 1.92. The molecule has 1 aromatic heterocycles. The van der Waals surface area contributed by atoms with Crippen LogP contribution in [0.25, 0.3) is 0 Å². The Morgan fingerprint density at radius 2 is 2.43 bits per heavy atom. The molecule has 2 heterocycles. The summed E-state index contributed by atoms with van der Waals surface area (Å²) in [5, 5.41) is 9.54. The summed E-state index contributed by atoms with van der Waals surface area (Å²) in [6.45, 7) is 2.10. The van der Waals surface area contributed by atoms with Crippen LogP contribution in [0.15, 0.2) is 18.2 Å². The van der Waals surface area contributed by atoms with Gasteiger partial charge < -0.3 is 10.0 Å². The van der Waals surface area contributed by atoms with Crippen molar-refractivity contribution >= 4 is 17.4 Å². The third-order valence-corrected chi connectivity index (χ3v) is 2.78. The Morgan fingerprint density at radius 3 is 3.07 bits per heavy atom. The van der Waals surface area contributed by atoms with Crippen LogP contribution < -0.4 is 4.90 Å². The van der Waals surface area contributed by atoms with E-state index in [4.69, 9.17) is 16.7 Å². The van der Waals surface area contributed by atoms with Crippen LogP contribution >= 0.6 is 11.6 Å². The predicted octanol–water partition coefficient (Wildman–Crippen LogP) is 1.55. The van der Waals surface area contributed by atoms with Crippen LogP contribution in [0.5, 0.6) is 0 Å². The number of nitrogens with zero attached hydrogens (tertiary/aromatic N) is 2. The van der Waals surface area contributed by atoms with Crippen LogP contribution in [0.2, 0.25) is 5.15 Å². The van der Waals surface area contributed by atoms with Crippen LogP contribution in [0.1, 0.15) is 6.42 Å². The van der Waals surface area contributed by atoms with Crippen LogP contribution in [-0.4, -0.2) is 29.8 Å². The molecule has 0 saturated carbocycles. The molecule has 3 nitrogen and oxygen atoms in total. The molecule has 1 fully saturated rings. The zero-order valence-electron chi connectivity index (χ0n) is 7.86. The van der Waals surface area contributed by atoms with Gasteiger partial charge in [0.25, 0.3) is 0 Å². The summed E-state index contributed by atoms with van der Waals surface area (Å²) in [6.07, 6.45) is 1.03. The minimum atomic E-state index is 0.261. The third-order valence-electron chi connectivity index (χ3n) is 2.57. The minimum Gasteiger partial charge on any atom is -0.396 e. The quantitative estimate of drug-likeness (QED) is 0.756. The predicted molar refractivity (Wildman–Crippen MR) is 56.7 cm³/mol. The van der Waals surface area contributed by atoms with E-state index in [-0.39, 0.29) is 6.61 Å². The van der Waals surface area contributed by atoms with Gasteiger partial charge in [-0.1, -0.05) is 17.7 Å². The summed E-state index contributed by atoms with van der Waals surface area (Å²) >= 11 is 5.81. The maximum absolute atomic E-state index is 9.01. The van der Waals surface area contributed by atoms with Gasteiger partial charge in [-0.2, -0.15) is 0 Å². The zero-order chi connectivity index (χ0) is 9.97. The number of hydrogen-bond donors (Lipinski definition) is 1. The van der Waals surface area contributed by atoms with Crippen molar-refractivity contribution in [3.8, 4) is 0 Å². The van der Waals surface area contributed by atoms with E-state index in [0.29, 0.717) is 11.1 Å². The first-order valence-electron chi connectivity index (χ1n) is 4.78. The van der Waals surface area contributed by atoms with Crippen molar-refractivity contribution in [2.24, 2.45) is 5.92 Å². The maximum atomic E-state index is 9.01. The molecule has 1 aliphatic heterocycles. The number of aromatic nitrogens is 1. The highest BCUT2D eigenvalue weighted by Gasteiger charge is 2.22. The third kappa shape index (κ3) is 1.99. The highest BCUT2D eigenvalue weighted by atomic mass is 35.5. The summed E-state index contributed by atoms with van der Waals surface area (Å²) in [7, 11) is 0. The van der Waals surface area contributed by atoms with Crippen molar-refractivity contribution in [1.82, 2.24) is 4.98 Å². The first-order valence-corrected chi connectivity index (χ1v) is 5.16. The van der Waals surface area contributed by atoms with Crippen molar-refractivity contribution < 1.29 is 5.11 Å². The van der Waals surface area contributed by atoms with Crippen molar-refractivity contribution in [1.29, 1.82) is 0 Å². The molecule has 1 aromatic rings. The number of halogens is 1. The summed E-state index contributed by atoms with van der Waals surface area (Å²) in [5.41, 5.74) is 0. The fraction of sp³-hybridized carbons (Fsp3) is 0.500. The van der Waals surface area contributed by atoms with Gasteiger partial charge in [-0.3, -0.25) is 0 Å². The van der Waals surface area contributed by atoms with Gasteiger partial charge in [-0.05, 0) is 18.6 Å². The highest BCUT2D eigenvalue weighted by Crippen LogP contribution is 2.22. The summed E-state index contributed by atoms with van der Waals surface area (Å²) in [4.78, 5) is 6.39. The first-order chi connectivity index (χ1) is 6.79. The number of aliphatic hydroxyl groups excluding tert-OH is 1. The standard InChI is InChI=1S/C10H13ClN2O/c11-9-2-1-3-10(12-9)13-5-4-8(6-13)7-14/h1-3,8,14H,4-7H2. The molecule has 76 valence electrons. The van der Waals surface area contributed by atoms with Crippen LogP contribution in [0.4, 0.5) is 5.82 Å². The fourth-order valence-electron chi connectivity index (χ4n) is 1.76. The van der Waals surface area contributed by atoms with Crippen LogP contribution in [0, 0.1) is 5.92 Å². The van der Waals surface area contributed by atoms with Crippen molar-refractivity contribution in [2.45, 2.75) is 6.42 Å². The SMILES string of the molecule is OCC1CCN(c2cccc(Cl)n2)C1. The largest absolute Gasteiger partial charge is 0.396 e. The molecule has 0 spiro atoms. The molecule has 1 unspecified atom stereocenters. The number of anilines is 1. The van der Waals surface area contributed by atoms with Gasteiger partial charge in [0, 0.05) is 25.6 Å². The molecule has 0 amide bonds. The molecule has 4 heteroatoms. The Morgan fingerprint density at radius 1 is 1.57 bits per heavy atom. The Hall–Kier alpha value is -0.800. The number of aliphatic hydroxyl groups is 1. The molecule has 0 aromatic carbocycles. The Bertz CT molecular complexity index is 319. The Balaban J connectivity index is 2.09. The summed E-state index contributed by atoms with van der Waals surface area (Å²) < 4.78 is 0. The maximum Gasteiger partial charge on any atom is 0.131 e. The van der Waals surface area contributed by atoms with E-state index in [1.165, 1.54) is 0 Å². The monoisotopic (exact) mass is 212 g/mol. The zero-order valence-corrected chi connectivity index (χ0v) is 8.61. The lowest BCUT2D eigenvalue weighted by Crippen LogP contribution is -2.21. The molecule has 1 saturated heterocycles. The lowest BCUT2D eigenvalue weighted by atomic mass is 10.1. The number of rotatable bonds is 2. The average Bonchev–Trinajstić information content (AvgIpc) is 2.66. The molecule has 0 radical (unpaired) electrons. The van der Waals surface area contributed by atoms with Gasteiger partial charge in [0.15, 0.2) is 0 Å². The summed E-state index contributed by atoms with van der Waals surface area (Å²) in [5.74, 6) is 1.30. The van der Waals surface area contributed by atoms with Gasteiger partial charge in [-0.25, -0.2) is 4.98 Å². The lowest BCUT2D eigenvalue weighted by molar-refractivity contribution is 0.238. The molecule has 1 atom stereocenters. The van der Waals surface area contributed by atoms with E-state index in [1.807, 2.05) is 12.1 Å².